The molecule has 0 aliphatic heterocycles. The molecular formula is C16H16BrCl2NO. The van der Waals surface area contributed by atoms with Gasteiger partial charge in [0.1, 0.15) is 5.75 Å². The van der Waals surface area contributed by atoms with Crippen molar-refractivity contribution in [3.8, 4) is 5.75 Å². The maximum Gasteiger partial charge on any atom is 0.139 e. The Morgan fingerprint density at radius 2 is 1.86 bits per heavy atom. The van der Waals surface area contributed by atoms with E-state index in [0.717, 1.165) is 15.6 Å². The lowest BCUT2D eigenvalue weighted by Crippen LogP contribution is -2.18. The van der Waals surface area contributed by atoms with E-state index >= 15 is 0 Å². The highest BCUT2D eigenvalue weighted by Gasteiger charge is 2.19. The Labute approximate surface area is 143 Å². The summed E-state index contributed by atoms with van der Waals surface area (Å²) in [5.41, 5.74) is 2.02. The molecule has 0 fully saturated rings. The molecule has 1 unspecified atom stereocenters. The Balaban J connectivity index is 2.48. The summed E-state index contributed by atoms with van der Waals surface area (Å²) in [5, 5.41) is 4.46. The van der Waals surface area contributed by atoms with Gasteiger partial charge in [-0.15, -0.1) is 0 Å². The van der Waals surface area contributed by atoms with Crippen molar-refractivity contribution in [3.05, 3.63) is 62.0 Å². The molecule has 21 heavy (non-hydrogen) atoms. The SMILES string of the molecule is CCOc1cc(Cl)c(C(NC)c2ccccc2Br)cc1Cl. The number of rotatable bonds is 5. The van der Waals surface area contributed by atoms with Gasteiger partial charge in [-0.3, -0.25) is 0 Å². The van der Waals surface area contributed by atoms with E-state index in [9.17, 15) is 0 Å². The fraction of sp³-hybridized carbons (Fsp3) is 0.250. The lowest BCUT2D eigenvalue weighted by molar-refractivity contribution is 0.340. The van der Waals surface area contributed by atoms with Gasteiger partial charge < -0.3 is 10.1 Å². The molecule has 5 heteroatoms. The first-order chi connectivity index (χ1) is 10.1. The monoisotopic (exact) mass is 387 g/mol. The molecule has 0 aliphatic rings. The number of halogens is 3. The molecule has 1 N–H and O–H groups in total. The average molecular weight is 389 g/mol. The van der Waals surface area contributed by atoms with Crippen molar-refractivity contribution in [1.29, 1.82) is 0 Å². The fourth-order valence-corrected chi connectivity index (χ4v) is 3.22. The van der Waals surface area contributed by atoms with Gasteiger partial charge in [-0.2, -0.15) is 0 Å². The van der Waals surface area contributed by atoms with E-state index in [2.05, 4.69) is 21.2 Å². The van der Waals surface area contributed by atoms with Gasteiger partial charge in [0, 0.05) is 15.6 Å². The smallest absolute Gasteiger partial charge is 0.139 e. The first-order valence-electron chi connectivity index (χ1n) is 6.61. The molecule has 2 aromatic rings. The lowest BCUT2D eigenvalue weighted by atomic mass is 9.98. The Kier molecular flexibility index (Phi) is 5.94. The largest absolute Gasteiger partial charge is 0.492 e. The summed E-state index contributed by atoms with van der Waals surface area (Å²) in [5.74, 6) is 0.606. The van der Waals surface area contributed by atoms with Crippen LogP contribution in [0, 0.1) is 0 Å². The Hall–Kier alpha value is -0.740. The van der Waals surface area contributed by atoms with Crippen molar-refractivity contribution < 1.29 is 4.74 Å². The number of benzene rings is 2. The summed E-state index contributed by atoms with van der Waals surface area (Å²) in [7, 11) is 1.89. The molecular weight excluding hydrogens is 373 g/mol. The fourth-order valence-electron chi connectivity index (χ4n) is 2.22. The van der Waals surface area contributed by atoms with Crippen LogP contribution in [0.3, 0.4) is 0 Å². The minimum absolute atomic E-state index is 0.0544. The predicted octanol–water partition coefficient (Wildman–Crippen LogP) is 5.46. The summed E-state index contributed by atoms with van der Waals surface area (Å²) in [6, 6.07) is 11.6. The zero-order valence-electron chi connectivity index (χ0n) is 11.8. The van der Waals surface area contributed by atoms with Gasteiger partial charge in [0.25, 0.3) is 0 Å². The molecule has 0 aliphatic carbocycles. The lowest BCUT2D eigenvalue weighted by Gasteiger charge is -2.21. The standard InChI is InChI=1S/C16H16BrCl2NO/c1-3-21-15-9-13(18)11(8-14(15)19)16(20-2)10-6-4-5-7-12(10)17/h4-9,16,20H,3H2,1-2H3. The van der Waals surface area contributed by atoms with E-state index in [1.54, 1.807) is 6.07 Å². The summed E-state index contributed by atoms with van der Waals surface area (Å²) < 4.78 is 6.49. The summed E-state index contributed by atoms with van der Waals surface area (Å²) >= 11 is 16.3. The molecule has 0 aromatic heterocycles. The molecule has 0 saturated carbocycles. The van der Waals surface area contributed by atoms with Crippen molar-refractivity contribution in [2.75, 3.05) is 13.7 Å². The second kappa shape index (κ2) is 7.50. The van der Waals surface area contributed by atoms with E-state index in [0.29, 0.717) is 22.4 Å². The molecule has 2 rings (SSSR count). The van der Waals surface area contributed by atoms with Crippen molar-refractivity contribution in [3.63, 3.8) is 0 Å². The number of nitrogens with one attached hydrogen (secondary N) is 1. The van der Waals surface area contributed by atoms with Crippen LogP contribution in [0.5, 0.6) is 5.75 Å². The number of hydrogen-bond donors (Lipinski definition) is 1. The zero-order valence-corrected chi connectivity index (χ0v) is 14.9. The Morgan fingerprint density at radius 1 is 1.14 bits per heavy atom. The molecule has 0 amide bonds. The molecule has 2 nitrogen and oxygen atoms in total. The summed E-state index contributed by atoms with van der Waals surface area (Å²) in [6.07, 6.45) is 0. The van der Waals surface area contributed by atoms with E-state index in [-0.39, 0.29) is 6.04 Å². The predicted molar refractivity (Wildman–Crippen MR) is 92.7 cm³/mol. The van der Waals surface area contributed by atoms with Crippen LogP contribution in [-0.4, -0.2) is 13.7 Å². The molecule has 1 atom stereocenters. The van der Waals surface area contributed by atoms with E-state index in [4.69, 9.17) is 27.9 Å². The molecule has 0 saturated heterocycles. The van der Waals surface area contributed by atoms with Crippen molar-refractivity contribution >= 4 is 39.1 Å². The molecule has 0 bridgehead atoms. The maximum atomic E-state index is 6.42. The van der Waals surface area contributed by atoms with Crippen LogP contribution in [0.1, 0.15) is 24.1 Å². The van der Waals surface area contributed by atoms with Gasteiger partial charge in [-0.25, -0.2) is 0 Å². The van der Waals surface area contributed by atoms with Gasteiger partial charge in [0.2, 0.25) is 0 Å². The summed E-state index contributed by atoms with van der Waals surface area (Å²) in [6.45, 7) is 2.46. The van der Waals surface area contributed by atoms with Crippen LogP contribution >= 0.6 is 39.1 Å². The van der Waals surface area contributed by atoms with Crippen LogP contribution in [0.15, 0.2) is 40.9 Å². The highest BCUT2D eigenvalue weighted by molar-refractivity contribution is 9.10. The quantitative estimate of drug-likeness (QED) is 0.733. The highest BCUT2D eigenvalue weighted by Crippen LogP contribution is 2.37. The van der Waals surface area contributed by atoms with Gasteiger partial charge in [-0.05, 0) is 37.2 Å². The third-order valence-corrected chi connectivity index (χ3v) is 4.51. The summed E-state index contributed by atoms with van der Waals surface area (Å²) in [4.78, 5) is 0. The van der Waals surface area contributed by atoms with Crippen LogP contribution < -0.4 is 10.1 Å². The second-order valence-corrected chi connectivity index (χ2v) is 6.15. The molecule has 0 heterocycles. The van der Waals surface area contributed by atoms with Crippen LogP contribution in [0.4, 0.5) is 0 Å². The van der Waals surface area contributed by atoms with Gasteiger partial charge in [0.15, 0.2) is 0 Å². The van der Waals surface area contributed by atoms with Gasteiger partial charge in [0.05, 0.1) is 17.7 Å². The second-order valence-electron chi connectivity index (χ2n) is 4.48. The molecule has 112 valence electrons. The van der Waals surface area contributed by atoms with Crippen LogP contribution in [0.25, 0.3) is 0 Å². The van der Waals surface area contributed by atoms with Crippen molar-refractivity contribution in [2.45, 2.75) is 13.0 Å². The zero-order chi connectivity index (χ0) is 15.4. The van der Waals surface area contributed by atoms with Crippen molar-refractivity contribution in [2.24, 2.45) is 0 Å². The van der Waals surface area contributed by atoms with Gasteiger partial charge in [-0.1, -0.05) is 57.3 Å². The molecule has 0 spiro atoms. The average Bonchev–Trinajstić information content (AvgIpc) is 2.46. The third-order valence-electron chi connectivity index (χ3n) is 3.17. The minimum atomic E-state index is -0.0544. The van der Waals surface area contributed by atoms with Crippen LogP contribution in [-0.2, 0) is 0 Å². The normalized spacial score (nSPS) is 12.2. The van der Waals surface area contributed by atoms with Crippen LogP contribution in [0.2, 0.25) is 10.0 Å². The van der Waals surface area contributed by atoms with E-state index < -0.39 is 0 Å². The first-order valence-corrected chi connectivity index (χ1v) is 8.16. The van der Waals surface area contributed by atoms with Gasteiger partial charge >= 0.3 is 0 Å². The van der Waals surface area contributed by atoms with E-state index in [1.807, 2.05) is 44.3 Å². The maximum absolute atomic E-state index is 6.42. The molecule has 0 radical (unpaired) electrons. The van der Waals surface area contributed by atoms with E-state index in [1.165, 1.54) is 0 Å². The minimum Gasteiger partial charge on any atom is -0.492 e. The third kappa shape index (κ3) is 3.72. The number of hydrogen-bond acceptors (Lipinski definition) is 2. The molecule has 2 aromatic carbocycles. The highest BCUT2D eigenvalue weighted by atomic mass is 79.9. The Morgan fingerprint density at radius 3 is 2.48 bits per heavy atom. The topological polar surface area (TPSA) is 21.3 Å². The van der Waals surface area contributed by atoms with Crippen molar-refractivity contribution in [1.82, 2.24) is 5.32 Å². The Bertz CT molecular complexity index is 634. The number of ether oxygens (including phenoxy) is 1. The first kappa shape index (κ1) is 16.6.